The van der Waals surface area contributed by atoms with Crippen LogP contribution in [0.1, 0.15) is 45.2 Å². The molecule has 0 amide bonds. The summed E-state index contributed by atoms with van der Waals surface area (Å²) in [5.41, 5.74) is 1.33. The Morgan fingerprint density at radius 2 is 1.80 bits per heavy atom. The molecular weight excluding hydrogens is 248 g/mol. The maximum absolute atomic E-state index is 5.64. The number of ether oxygens (including phenoxy) is 1. The number of nitrogens with one attached hydrogen (secondary N) is 1. The second-order valence-electron chi connectivity index (χ2n) is 5.29. The highest BCUT2D eigenvalue weighted by Crippen LogP contribution is 2.19. The van der Waals surface area contributed by atoms with E-state index in [0.29, 0.717) is 6.04 Å². The summed E-state index contributed by atoms with van der Waals surface area (Å²) in [5.74, 6) is 0.966. The van der Waals surface area contributed by atoms with Crippen LogP contribution in [0, 0.1) is 0 Å². The highest BCUT2D eigenvalue weighted by atomic mass is 16.5. The van der Waals surface area contributed by atoms with E-state index < -0.39 is 0 Å². The average Bonchev–Trinajstić information content (AvgIpc) is 2.45. The van der Waals surface area contributed by atoms with Crippen molar-refractivity contribution in [3.8, 4) is 5.75 Å². The lowest BCUT2D eigenvalue weighted by molar-refractivity contribution is 0.292. The summed E-state index contributed by atoms with van der Waals surface area (Å²) < 4.78 is 5.64. The van der Waals surface area contributed by atoms with E-state index in [4.69, 9.17) is 4.74 Å². The highest BCUT2D eigenvalue weighted by molar-refractivity contribution is 5.29. The van der Waals surface area contributed by atoms with Gasteiger partial charge < -0.3 is 15.0 Å². The van der Waals surface area contributed by atoms with Gasteiger partial charge in [-0.25, -0.2) is 0 Å². The molecule has 0 radical (unpaired) electrons. The lowest BCUT2D eigenvalue weighted by Crippen LogP contribution is -2.33. The van der Waals surface area contributed by atoms with E-state index in [-0.39, 0.29) is 0 Å². The molecular formula is C17H30N2O. The monoisotopic (exact) mass is 278 g/mol. The largest absolute Gasteiger partial charge is 0.494 e. The molecule has 0 saturated carbocycles. The number of likely N-dealkylation sites (N-methyl/N-ethyl adjacent to an activating group) is 2. The van der Waals surface area contributed by atoms with E-state index in [9.17, 15) is 0 Å². The molecule has 0 saturated heterocycles. The Labute approximate surface area is 124 Å². The van der Waals surface area contributed by atoms with Crippen molar-refractivity contribution in [2.24, 2.45) is 0 Å². The van der Waals surface area contributed by atoms with Gasteiger partial charge in [-0.2, -0.15) is 0 Å². The molecule has 114 valence electrons. The summed E-state index contributed by atoms with van der Waals surface area (Å²) in [7, 11) is 2.19. The summed E-state index contributed by atoms with van der Waals surface area (Å²) in [5, 5.41) is 3.57. The van der Waals surface area contributed by atoms with Crippen LogP contribution < -0.4 is 10.1 Å². The summed E-state index contributed by atoms with van der Waals surface area (Å²) in [4.78, 5) is 2.38. The second kappa shape index (κ2) is 9.78. The Morgan fingerprint density at radius 3 is 2.35 bits per heavy atom. The molecule has 1 aromatic rings. The van der Waals surface area contributed by atoms with Crippen molar-refractivity contribution in [3.05, 3.63) is 29.8 Å². The van der Waals surface area contributed by atoms with Gasteiger partial charge in [-0.05, 0) is 50.7 Å². The minimum atomic E-state index is 0.386. The van der Waals surface area contributed by atoms with E-state index in [2.05, 4.69) is 62.3 Å². The van der Waals surface area contributed by atoms with E-state index in [1.54, 1.807) is 0 Å². The predicted octanol–water partition coefficient (Wildman–Crippen LogP) is 3.47. The third-order valence-corrected chi connectivity index (χ3v) is 3.31. The van der Waals surface area contributed by atoms with Gasteiger partial charge >= 0.3 is 0 Å². The molecule has 1 unspecified atom stereocenters. The van der Waals surface area contributed by atoms with Crippen LogP contribution in [-0.4, -0.2) is 38.2 Å². The van der Waals surface area contributed by atoms with Gasteiger partial charge in [0.2, 0.25) is 0 Å². The van der Waals surface area contributed by atoms with Crippen LogP contribution in [0.4, 0.5) is 0 Å². The Morgan fingerprint density at radius 1 is 1.10 bits per heavy atom. The van der Waals surface area contributed by atoms with Gasteiger partial charge in [0, 0.05) is 12.6 Å². The van der Waals surface area contributed by atoms with Crippen molar-refractivity contribution in [1.82, 2.24) is 10.2 Å². The van der Waals surface area contributed by atoms with E-state index in [1.807, 2.05) is 0 Å². The topological polar surface area (TPSA) is 24.5 Å². The first-order valence-electron chi connectivity index (χ1n) is 7.85. The van der Waals surface area contributed by atoms with Crippen LogP contribution in [0.25, 0.3) is 0 Å². The van der Waals surface area contributed by atoms with Crippen LogP contribution in [0.3, 0.4) is 0 Å². The number of nitrogens with zero attached hydrogens (tertiary/aromatic N) is 1. The molecule has 0 aliphatic heterocycles. The first-order valence-corrected chi connectivity index (χ1v) is 7.85. The molecule has 1 N–H and O–H groups in total. The zero-order valence-corrected chi connectivity index (χ0v) is 13.5. The fourth-order valence-corrected chi connectivity index (χ4v) is 2.34. The number of benzene rings is 1. The minimum absolute atomic E-state index is 0.386. The maximum atomic E-state index is 5.64. The van der Waals surface area contributed by atoms with Crippen LogP contribution in [0.5, 0.6) is 5.75 Å². The van der Waals surface area contributed by atoms with Crippen molar-refractivity contribution in [3.63, 3.8) is 0 Å². The van der Waals surface area contributed by atoms with Gasteiger partial charge in [0.15, 0.2) is 0 Å². The average molecular weight is 278 g/mol. The Hall–Kier alpha value is -1.06. The number of hydrogen-bond acceptors (Lipinski definition) is 3. The van der Waals surface area contributed by atoms with Crippen molar-refractivity contribution >= 4 is 0 Å². The smallest absolute Gasteiger partial charge is 0.119 e. The molecule has 3 nitrogen and oxygen atoms in total. The highest BCUT2D eigenvalue weighted by Gasteiger charge is 2.12. The van der Waals surface area contributed by atoms with Crippen molar-refractivity contribution in [1.29, 1.82) is 0 Å². The van der Waals surface area contributed by atoms with Crippen molar-refractivity contribution < 1.29 is 4.74 Å². The van der Waals surface area contributed by atoms with Gasteiger partial charge in [-0.3, -0.25) is 0 Å². The molecule has 0 aliphatic rings. The molecule has 1 rings (SSSR count). The molecule has 0 spiro atoms. The van der Waals surface area contributed by atoms with Gasteiger partial charge in [0.1, 0.15) is 5.75 Å². The normalized spacial score (nSPS) is 12.7. The third kappa shape index (κ3) is 5.93. The molecule has 0 fully saturated rings. The SMILES string of the molecule is CCCOc1ccc(C(CN(C)CCC)NCC)cc1. The molecule has 0 bridgehead atoms. The van der Waals surface area contributed by atoms with Gasteiger partial charge in [0.05, 0.1) is 6.61 Å². The predicted molar refractivity (Wildman–Crippen MR) is 86.4 cm³/mol. The first kappa shape index (κ1) is 17.0. The summed E-state index contributed by atoms with van der Waals surface area (Å²) in [6, 6.07) is 8.90. The lowest BCUT2D eigenvalue weighted by Gasteiger charge is -2.25. The molecule has 0 aromatic heterocycles. The molecule has 1 atom stereocenters. The summed E-state index contributed by atoms with van der Waals surface area (Å²) >= 11 is 0. The Kier molecular flexibility index (Phi) is 8.31. The summed E-state index contributed by atoms with van der Waals surface area (Å²) in [6.45, 7) is 10.5. The van der Waals surface area contributed by atoms with Gasteiger partial charge in [-0.15, -0.1) is 0 Å². The zero-order chi connectivity index (χ0) is 14.8. The van der Waals surface area contributed by atoms with E-state index in [1.165, 1.54) is 12.0 Å². The Balaban J connectivity index is 2.65. The molecule has 0 aliphatic carbocycles. The van der Waals surface area contributed by atoms with Crippen LogP contribution in [0.2, 0.25) is 0 Å². The van der Waals surface area contributed by atoms with E-state index >= 15 is 0 Å². The van der Waals surface area contributed by atoms with Gasteiger partial charge in [-0.1, -0.05) is 32.9 Å². The molecule has 20 heavy (non-hydrogen) atoms. The van der Waals surface area contributed by atoms with Crippen LogP contribution in [-0.2, 0) is 0 Å². The van der Waals surface area contributed by atoms with Crippen molar-refractivity contribution in [2.45, 2.75) is 39.7 Å². The zero-order valence-electron chi connectivity index (χ0n) is 13.5. The molecule has 3 heteroatoms. The quantitative estimate of drug-likeness (QED) is 0.709. The lowest BCUT2D eigenvalue weighted by atomic mass is 10.1. The van der Waals surface area contributed by atoms with E-state index in [0.717, 1.165) is 38.4 Å². The standard InChI is InChI=1S/C17H30N2O/c1-5-12-19(4)14-17(18-7-3)15-8-10-16(11-9-15)20-13-6-2/h8-11,17-18H,5-7,12-14H2,1-4H3. The maximum Gasteiger partial charge on any atom is 0.119 e. The van der Waals surface area contributed by atoms with Crippen LogP contribution in [0.15, 0.2) is 24.3 Å². The fraction of sp³-hybridized carbons (Fsp3) is 0.647. The third-order valence-electron chi connectivity index (χ3n) is 3.31. The van der Waals surface area contributed by atoms with Gasteiger partial charge in [0.25, 0.3) is 0 Å². The van der Waals surface area contributed by atoms with Crippen LogP contribution >= 0.6 is 0 Å². The molecule has 0 heterocycles. The summed E-state index contributed by atoms with van der Waals surface area (Å²) in [6.07, 6.45) is 2.24. The number of hydrogen-bond donors (Lipinski definition) is 1. The second-order valence-corrected chi connectivity index (χ2v) is 5.29. The fourth-order valence-electron chi connectivity index (χ4n) is 2.34. The minimum Gasteiger partial charge on any atom is -0.494 e. The molecule has 1 aromatic carbocycles. The van der Waals surface area contributed by atoms with Crippen molar-refractivity contribution in [2.75, 3.05) is 33.3 Å². The number of rotatable bonds is 10. The Bertz CT molecular complexity index is 351. The first-order chi connectivity index (χ1) is 9.71.